The minimum absolute atomic E-state index is 0.00289. The first-order valence-electron chi connectivity index (χ1n) is 45.0. The van der Waals surface area contributed by atoms with Crippen molar-refractivity contribution in [3.63, 3.8) is 0 Å². The van der Waals surface area contributed by atoms with Gasteiger partial charge in [0.1, 0.15) is 53.9 Å². The normalized spacial score (nSPS) is 30.2. The van der Waals surface area contributed by atoms with Crippen LogP contribution in [0.3, 0.4) is 0 Å². The highest BCUT2D eigenvalue weighted by Crippen LogP contribution is 2.67. The maximum Gasteiger partial charge on any atom is 0.350 e. The Hall–Kier alpha value is -13.4. The zero-order valence-corrected chi connectivity index (χ0v) is 77.7. The Morgan fingerprint density at radius 1 is 0.442 bits per heavy atom. The van der Waals surface area contributed by atoms with Crippen molar-refractivity contribution in [2.75, 3.05) is 13.2 Å². The van der Waals surface area contributed by atoms with Crippen molar-refractivity contribution in [1.29, 1.82) is 0 Å². The number of fused-ring (bicyclic) bond motifs is 10. The van der Waals surface area contributed by atoms with Gasteiger partial charge in [0.2, 0.25) is 6.10 Å². The van der Waals surface area contributed by atoms with Gasteiger partial charge in [-0.25, -0.2) is 19.2 Å². The number of carboxylic acids is 1. The Kier molecular flexibility index (Phi) is 29.8. The largest absolute Gasteiger partial charge is 0.481 e. The molecule has 732 valence electrons. The van der Waals surface area contributed by atoms with Gasteiger partial charge >= 0.3 is 71.6 Å². The second-order valence-corrected chi connectivity index (χ2v) is 37.4. The molecule has 6 aliphatic carbocycles. The summed E-state index contributed by atoms with van der Waals surface area (Å²) in [5, 5.41) is 78.4. The van der Waals surface area contributed by atoms with Gasteiger partial charge in [-0.15, -0.1) is 0 Å². The summed E-state index contributed by atoms with van der Waals surface area (Å²) in [6.07, 6.45) is -22.4. The van der Waals surface area contributed by atoms with Gasteiger partial charge in [-0.05, 0) is 110 Å². The molecule has 3 heterocycles. The quantitative estimate of drug-likeness (QED) is 0.0124. The van der Waals surface area contributed by atoms with Crippen molar-refractivity contribution in [3.05, 3.63) is 238 Å². The molecule has 15 rings (SSSR count). The number of hydrogen-bond acceptors (Lipinski definition) is 33. The van der Waals surface area contributed by atoms with Crippen molar-refractivity contribution in [2.24, 2.45) is 33.5 Å². The number of aliphatic carboxylic acids is 1. The Labute approximate surface area is 792 Å². The van der Waals surface area contributed by atoms with Crippen LogP contribution in [0.1, 0.15) is 199 Å². The number of hydrogen-bond donors (Lipinski definition) is 8. The molecule has 0 radical (unpaired) electrons. The fourth-order valence-corrected chi connectivity index (χ4v) is 21.3. The number of cyclic esters (lactones) is 2. The van der Waals surface area contributed by atoms with Gasteiger partial charge in [0.15, 0.2) is 41.1 Å². The Bertz CT molecular complexity index is 5780. The van der Waals surface area contributed by atoms with Crippen LogP contribution in [-0.2, 0) is 114 Å². The smallest absolute Gasteiger partial charge is 0.350 e. The van der Waals surface area contributed by atoms with Crippen LogP contribution >= 0.6 is 0 Å². The number of ether oxygens (including phenoxy) is 12. The average Bonchev–Trinajstić information content (AvgIpc) is 0.689. The molecule has 36 heteroatoms. The molecular weight excluding hydrogens is 1800 g/mol. The van der Waals surface area contributed by atoms with E-state index >= 15 is 14.4 Å². The highest BCUT2D eigenvalue weighted by atomic mass is 16.7. The average molecular weight is 1910 g/mol. The first-order chi connectivity index (χ1) is 65.1. The highest BCUT2D eigenvalue weighted by Gasteiger charge is 2.81. The van der Waals surface area contributed by atoms with Crippen LogP contribution in [0.4, 0.5) is 0 Å². The van der Waals surface area contributed by atoms with Crippen LogP contribution in [0.25, 0.3) is 0 Å². The van der Waals surface area contributed by atoms with E-state index in [9.17, 15) is 93.0 Å². The number of esters is 11. The van der Waals surface area contributed by atoms with E-state index in [-0.39, 0.29) is 89.0 Å². The Balaban J connectivity index is 0.000000218. The van der Waals surface area contributed by atoms with E-state index in [1.165, 1.54) is 77.9 Å². The van der Waals surface area contributed by atoms with E-state index in [2.05, 4.69) is 15.4 Å². The van der Waals surface area contributed by atoms with Crippen molar-refractivity contribution < 1.29 is 164 Å². The molecule has 138 heavy (non-hydrogen) atoms. The molecule has 0 spiro atoms. The minimum atomic E-state index is -2.50. The van der Waals surface area contributed by atoms with Gasteiger partial charge in [0, 0.05) is 75.3 Å². The van der Waals surface area contributed by atoms with E-state index in [0.29, 0.717) is 5.56 Å². The second-order valence-electron chi connectivity index (χ2n) is 37.4. The molecular formula is C102H110N2O34. The van der Waals surface area contributed by atoms with Crippen LogP contribution in [0.15, 0.2) is 204 Å². The summed E-state index contributed by atoms with van der Waals surface area (Å²) in [4.78, 5) is 214. The zero-order chi connectivity index (χ0) is 100. The summed E-state index contributed by atoms with van der Waals surface area (Å²) in [6.45, 7) is 15.7. The predicted molar refractivity (Wildman–Crippen MR) is 476 cm³/mol. The lowest BCUT2D eigenvalue weighted by Gasteiger charge is -2.67. The number of nitrogens with one attached hydrogen (secondary N) is 2. The Morgan fingerprint density at radius 3 is 1.11 bits per heavy atom. The number of carbonyl (C=O) groups excluding carboxylic acids is 15. The summed E-state index contributed by atoms with van der Waals surface area (Å²) in [5.41, 5.74) is -14.8. The third-order valence-corrected chi connectivity index (χ3v) is 28.5. The van der Waals surface area contributed by atoms with E-state index < -0.39 is 262 Å². The fraction of sp³-hybridized carbons (Fsp3) is 0.451. The van der Waals surface area contributed by atoms with Crippen LogP contribution in [0.2, 0.25) is 0 Å². The number of carbonyl (C=O) groups is 16. The first-order valence-corrected chi connectivity index (χ1v) is 45.0. The number of amides is 2. The van der Waals surface area contributed by atoms with E-state index in [1.807, 2.05) is 0 Å². The molecule has 2 amide bonds. The van der Waals surface area contributed by atoms with Crippen molar-refractivity contribution in [1.82, 2.24) is 10.6 Å². The molecule has 22 atom stereocenters. The zero-order valence-electron chi connectivity index (χ0n) is 77.7. The standard InChI is InChI=1S/C51H55NO17.C47H51NO14.C4H4O3/c1-27-33(66-47(62)41(67-37(58)23-22-36(56)57)39(30-16-10-7-11-17-30)52-45(60)31-18-12-8-13-19-31)25-51(63)44(68-46(61)32-20-14-9-15-21-32)42-49(6,34(55)24-35-50(42,26-64-35)69-29(3)54)43(59)40(65-28(2)53)38(27)48(51,4)5;1-25-31(60-43(56)36(52)35(28-16-10-7-11-17-28)48-41(54)29-18-12-8-13-19-29)23-47(57)40(61-42(55)30-20-14-9-15-21-30)38-45(6,32(51)22-33-46(38,24-58-33)62-27(3)50)39(53)37(59-26(2)49)34(25)44(47,4)5;5-3-1-2-4(6)7-3/h7-21,33-35,39-42,44,55,63H,22-26H2,1-6H3,(H,52,60)(H,56,57);7-21,31-33,35-38,40,51-52,57H,22-24H2,1-6H3,(H,48,54);1-2H2/t33-,34-,35+,39?,40+,41?,42?,44-,49+,50-,51+;31-,32-,33+,35?,36?,37+,38?,40-,45+,46-,47+;/m00./s1. The number of aliphatic hydroxyl groups excluding tert-OH is 3. The number of carboxylic acid groups (broad SMARTS) is 1. The van der Waals surface area contributed by atoms with E-state index in [1.54, 1.807) is 159 Å². The maximum absolute atomic E-state index is 15.7. The molecule has 8 N–H and O–H groups in total. The summed E-state index contributed by atoms with van der Waals surface area (Å²) < 4.78 is 70.6. The number of ketones is 2. The Morgan fingerprint density at radius 2 is 0.783 bits per heavy atom. The molecule has 7 fully saturated rings. The summed E-state index contributed by atoms with van der Waals surface area (Å²) in [5.74, 6) is -17.4. The molecule has 4 saturated carbocycles. The molecule has 6 aromatic carbocycles. The molecule has 4 bridgehead atoms. The molecule has 3 aliphatic heterocycles. The molecule has 9 aliphatic rings. The second kappa shape index (κ2) is 40.4. The lowest BCUT2D eigenvalue weighted by atomic mass is 9.44. The third kappa shape index (κ3) is 19.3. The monoisotopic (exact) mass is 1910 g/mol. The van der Waals surface area contributed by atoms with E-state index in [4.69, 9.17) is 52.1 Å². The predicted octanol–water partition coefficient (Wildman–Crippen LogP) is 7.74. The van der Waals surface area contributed by atoms with Crippen LogP contribution in [0.5, 0.6) is 0 Å². The number of benzene rings is 6. The maximum atomic E-state index is 15.7. The van der Waals surface area contributed by atoms with Gasteiger partial charge < -0.3 is 98.1 Å². The van der Waals surface area contributed by atoms with Gasteiger partial charge in [0.25, 0.3) is 11.8 Å². The molecule has 0 aromatic heterocycles. The first kappa shape index (κ1) is 102. The summed E-state index contributed by atoms with van der Waals surface area (Å²) in [6, 6.07) is 45.0. The lowest BCUT2D eigenvalue weighted by Crippen LogP contribution is -2.82. The minimum Gasteiger partial charge on any atom is -0.481 e. The number of aliphatic hydroxyl groups is 5. The lowest BCUT2D eigenvalue weighted by molar-refractivity contribution is -0.346. The highest BCUT2D eigenvalue weighted by molar-refractivity contribution is 5.99. The van der Waals surface area contributed by atoms with Gasteiger partial charge in [-0.1, -0.05) is 161 Å². The van der Waals surface area contributed by atoms with Gasteiger partial charge in [0.05, 0.1) is 90.9 Å². The fourth-order valence-electron chi connectivity index (χ4n) is 21.3. The molecule has 3 saturated heterocycles. The molecule has 6 aromatic rings. The third-order valence-electron chi connectivity index (χ3n) is 28.5. The van der Waals surface area contributed by atoms with Crippen molar-refractivity contribution in [3.8, 4) is 0 Å². The van der Waals surface area contributed by atoms with Crippen LogP contribution in [-0.4, -0.2) is 235 Å². The summed E-state index contributed by atoms with van der Waals surface area (Å²) in [7, 11) is 0. The van der Waals surface area contributed by atoms with Crippen molar-refractivity contribution >= 4 is 95.0 Å². The van der Waals surface area contributed by atoms with Gasteiger partial charge in [-0.2, -0.15) is 0 Å². The van der Waals surface area contributed by atoms with Crippen molar-refractivity contribution in [2.45, 2.75) is 242 Å². The van der Waals surface area contributed by atoms with Crippen LogP contribution < -0.4 is 10.6 Å². The SMILES string of the molecule is CC(=O)O[C@H]1C(=O)[C@@]2(C)C([C@H](OC(=O)c3ccccc3)[C@]3(O)C[C@H](OC(=O)C(O)C(NC(=O)c4ccccc4)c4ccccc4)C(C)=C1C3(C)C)[C@]1(OC(C)=O)CO[C@@H]1C[C@@H]2O.CC(=O)O[C@H]1C(=O)[C@@]2(C)C([C@H](OC(=O)c3ccccc3)[C@]3(O)C[C@H](OC(=O)C(OC(=O)CCC(=O)O)C(NC(=O)c4ccccc4)c4ccccc4)C(C)=C1C3(C)C)[C@]1(OC(C)=O)CO[C@@H]1C[C@@H]2O.O=C1CCC(=O)O1. The molecule has 36 nitrogen and oxygen atoms in total. The van der Waals surface area contributed by atoms with Crippen LogP contribution in [0, 0.1) is 33.5 Å². The van der Waals surface area contributed by atoms with Gasteiger partial charge in [-0.3, -0.25) is 57.5 Å². The summed E-state index contributed by atoms with van der Waals surface area (Å²) >= 11 is 0. The number of Topliss-reactive ketones (excluding diaryl/α,β-unsaturated/α-hetero) is 2. The van der Waals surface area contributed by atoms with E-state index in [0.717, 1.165) is 27.7 Å². The number of rotatable bonds is 24. The topological polar surface area (TPSA) is 529 Å². The molecule has 6 unspecified atom stereocenters.